The summed E-state index contributed by atoms with van der Waals surface area (Å²) in [6.45, 7) is 2.59. The lowest BCUT2D eigenvalue weighted by Gasteiger charge is -2.09. The predicted octanol–water partition coefficient (Wildman–Crippen LogP) is 3.95. The van der Waals surface area contributed by atoms with Crippen molar-refractivity contribution in [3.8, 4) is 5.69 Å². The molecule has 0 bridgehead atoms. The first-order valence-electron chi connectivity index (χ1n) is 9.24. The van der Waals surface area contributed by atoms with Gasteiger partial charge in [0.05, 0.1) is 17.1 Å². The highest BCUT2D eigenvalue weighted by molar-refractivity contribution is 7.99. The van der Waals surface area contributed by atoms with E-state index in [0.717, 1.165) is 18.7 Å². The Bertz CT molecular complexity index is 1120. The Morgan fingerprint density at radius 2 is 2.10 bits per heavy atom. The Balaban J connectivity index is 1.37. The molecule has 0 aliphatic rings. The van der Waals surface area contributed by atoms with Crippen LogP contribution >= 0.6 is 23.1 Å². The molecule has 1 N–H and O–H groups in total. The van der Waals surface area contributed by atoms with Crippen molar-refractivity contribution in [2.24, 2.45) is 0 Å². The Kier molecular flexibility index (Phi) is 6.24. The number of nitrogens with one attached hydrogen (secondary N) is 1. The fourth-order valence-corrected chi connectivity index (χ4v) is 4.31. The minimum atomic E-state index is -0.326. The molecule has 0 radical (unpaired) electrons. The molecule has 1 aromatic carbocycles. The number of aryl methyl sites for hydroxylation is 3. The largest absolute Gasteiger partial charge is 0.310 e. The van der Waals surface area contributed by atoms with Crippen molar-refractivity contribution in [1.29, 1.82) is 0 Å². The Morgan fingerprint density at radius 3 is 2.87 bits per heavy atom. The molecule has 30 heavy (non-hydrogen) atoms. The summed E-state index contributed by atoms with van der Waals surface area (Å²) >= 11 is 3.05. The lowest BCUT2D eigenvalue weighted by molar-refractivity contribution is -0.113. The molecule has 4 aromatic rings. The second-order valence-electron chi connectivity index (χ2n) is 6.53. The topological polar surface area (TPSA) is 77.6 Å². The summed E-state index contributed by atoms with van der Waals surface area (Å²) in [5.41, 5.74) is 1.41. The molecule has 0 spiro atoms. The van der Waals surface area contributed by atoms with Gasteiger partial charge in [-0.3, -0.25) is 4.79 Å². The van der Waals surface area contributed by atoms with E-state index in [4.69, 9.17) is 0 Å². The zero-order valence-corrected chi connectivity index (χ0v) is 17.8. The third kappa shape index (κ3) is 4.95. The number of aromatic nitrogens is 5. The summed E-state index contributed by atoms with van der Waals surface area (Å²) < 4.78 is 16.7. The third-order valence-corrected chi connectivity index (χ3v) is 6.18. The molecule has 4 rings (SSSR count). The van der Waals surface area contributed by atoms with Gasteiger partial charge in [-0.05, 0) is 49.1 Å². The van der Waals surface area contributed by atoms with Crippen LogP contribution in [0.25, 0.3) is 5.69 Å². The number of carbonyl (C=O) groups excluding carboxylic acids is 1. The highest BCUT2D eigenvalue weighted by Crippen LogP contribution is 2.20. The number of thiophene rings is 1. The summed E-state index contributed by atoms with van der Waals surface area (Å²) in [5.74, 6) is 0.207. The molecule has 3 heterocycles. The van der Waals surface area contributed by atoms with Crippen LogP contribution in [0.5, 0.6) is 0 Å². The summed E-state index contributed by atoms with van der Waals surface area (Å²) in [6.07, 6.45) is 2.58. The van der Waals surface area contributed by atoms with Crippen molar-refractivity contribution in [3.05, 3.63) is 70.6 Å². The molecule has 154 valence electrons. The number of carbonyl (C=O) groups is 1. The Hall–Kier alpha value is -2.98. The van der Waals surface area contributed by atoms with Crippen molar-refractivity contribution in [3.63, 3.8) is 0 Å². The van der Waals surface area contributed by atoms with E-state index >= 15 is 0 Å². The van der Waals surface area contributed by atoms with E-state index in [-0.39, 0.29) is 17.5 Å². The first-order valence-corrected chi connectivity index (χ1v) is 11.1. The van der Waals surface area contributed by atoms with Gasteiger partial charge in [-0.25, -0.2) is 9.07 Å². The number of anilines is 1. The molecule has 0 atom stereocenters. The Labute approximate surface area is 181 Å². The number of hydrogen-bond donors (Lipinski definition) is 1. The molecule has 7 nitrogen and oxygen atoms in total. The van der Waals surface area contributed by atoms with Crippen molar-refractivity contribution in [2.75, 3.05) is 11.1 Å². The molecule has 0 aliphatic carbocycles. The van der Waals surface area contributed by atoms with Gasteiger partial charge in [0.15, 0.2) is 5.16 Å². The van der Waals surface area contributed by atoms with Crippen LogP contribution in [0, 0.1) is 12.7 Å². The minimum Gasteiger partial charge on any atom is -0.310 e. The number of halogens is 1. The van der Waals surface area contributed by atoms with E-state index in [0.29, 0.717) is 16.7 Å². The molecule has 0 saturated carbocycles. The molecule has 0 saturated heterocycles. The lowest BCUT2D eigenvalue weighted by Crippen LogP contribution is -2.17. The van der Waals surface area contributed by atoms with E-state index in [9.17, 15) is 9.18 Å². The highest BCUT2D eigenvalue weighted by Gasteiger charge is 2.13. The van der Waals surface area contributed by atoms with Crippen molar-refractivity contribution in [1.82, 2.24) is 24.5 Å². The standard InChI is InChI=1S/C20H19FN6OS2/c1-14-11-18(27(25-14)16-6-4-15(21)5-7-16)23-19(28)12-30-20-24-22-13-26(20)9-8-17-3-2-10-29-17/h2-7,10-11,13H,8-9,12H2,1H3,(H,23,28). The first-order chi connectivity index (χ1) is 14.6. The van der Waals surface area contributed by atoms with Crippen LogP contribution in [0.15, 0.2) is 59.3 Å². The minimum absolute atomic E-state index is 0.184. The van der Waals surface area contributed by atoms with Gasteiger partial charge in [-0.1, -0.05) is 17.8 Å². The van der Waals surface area contributed by atoms with Gasteiger partial charge in [0.25, 0.3) is 0 Å². The first kappa shape index (κ1) is 20.3. The Morgan fingerprint density at radius 1 is 1.27 bits per heavy atom. The van der Waals surface area contributed by atoms with Gasteiger partial charge in [0.2, 0.25) is 5.91 Å². The zero-order chi connectivity index (χ0) is 20.9. The summed E-state index contributed by atoms with van der Waals surface area (Å²) in [5, 5.41) is 18.1. The average Bonchev–Trinajstić information content (AvgIpc) is 3.47. The van der Waals surface area contributed by atoms with Crippen molar-refractivity contribution in [2.45, 2.75) is 25.0 Å². The number of thioether (sulfide) groups is 1. The van der Waals surface area contributed by atoms with Crippen LogP contribution < -0.4 is 5.32 Å². The second-order valence-corrected chi connectivity index (χ2v) is 8.51. The predicted molar refractivity (Wildman–Crippen MR) is 116 cm³/mol. The molecule has 1 amide bonds. The van der Waals surface area contributed by atoms with E-state index in [1.54, 1.807) is 40.5 Å². The molecular formula is C20H19FN6OS2. The fraction of sp³-hybridized carbons (Fsp3) is 0.200. The summed E-state index contributed by atoms with van der Waals surface area (Å²) in [7, 11) is 0. The van der Waals surface area contributed by atoms with Gasteiger partial charge >= 0.3 is 0 Å². The average molecular weight is 443 g/mol. The maximum Gasteiger partial charge on any atom is 0.236 e. The van der Waals surface area contributed by atoms with Crippen LogP contribution in [-0.2, 0) is 17.8 Å². The molecule has 3 aromatic heterocycles. The number of rotatable bonds is 8. The van der Waals surface area contributed by atoms with Gasteiger partial charge in [0, 0.05) is 17.5 Å². The SMILES string of the molecule is Cc1cc(NC(=O)CSc2nncn2CCc2cccs2)n(-c2ccc(F)cc2)n1. The maximum absolute atomic E-state index is 13.2. The zero-order valence-electron chi connectivity index (χ0n) is 16.2. The van der Waals surface area contributed by atoms with Gasteiger partial charge in [-0.2, -0.15) is 5.10 Å². The molecule has 10 heteroatoms. The van der Waals surface area contributed by atoms with Crippen LogP contribution in [0.4, 0.5) is 10.2 Å². The number of hydrogen-bond acceptors (Lipinski definition) is 6. The van der Waals surface area contributed by atoms with Crippen molar-refractivity contribution < 1.29 is 9.18 Å². The summed E-state index contributed by atoms with van der Waals surface area (Å²) in [6, 6.07) is 11.8. The molecule has 0 unspecified atom stereocenters. The maximum atomic E-state index is 13.2. The molecule has 0 aliphatic heterocycles. The monoisotopic (exact) mass is 442 g/mol. The third-order valence-electron chi connectivity index (χ3n) is 4.26. The van der Waals surface area contributed by atoms with E-state index in [1.807, 2.05) is 17.6 Å². The van der Waals surface area contributed by atoms with Gasteiger partial charge < -0.3 is 9.88 Å². The number of nitrogens with zero attached hydrogens (tertiary/aromatic N) is 5. The lowest BCUT2D eigenvalue weighted by atomic mass is 10.3. The quantitative estimate of drug-likeness (QED) is 0.418. The van der Waals surface area contributed by atoms with E-state index in [1.165, 1.54) is 28.8 Å². The number of amides is 1. The normalized spacial score (nSPS) is 11.0. The van der Waals surface area contributed by atoms with Crippen LogP contribution in [0.3, 0.4) is 0 Å². The molecular weight excluding hydrogens is 423 g/mol. The van der Waals surface area contributed by atoms with Crippen LogP contribution in [-0.4, -0.2) is 36.2 Å². The number of benzene rings is 1. The van der Waals surface area contributed by atoms with Crippen molar-refractivity contribution >= 4 is 34.8 Å². The molecule has 0 fully saturated rings. The second kappa shape index (κ2) is 9.23. The summed E-state index contributed by atoms with van der Waals surface area (Å²) in [4.78, 5) is 13.8. The smallest absolute Gasteiger partial charge is 0.236 e. The highest BCUT2D eigenvalue weighted by atomic mass is 32.2. The van der Waals surface area contributed by atoms with E-state index < -0.39 is 0 Å². The van der Waals surface area contributed by atoms with Gasteiger partial charge in [0.1, 0.15) is 18.0 Å². The van der Waals surface area contributed by atoms with Gasteiger partial charge in [-0.15, -0.1) is 21.5 Å². The van der Waals surface area contributed by atoms with Crippen LogP contribution in [0.1, 0.15) is 10.6 Å². The fourth-order valence-electron chi connectivity index (χ4n) is 2.87. The van der Waals surface area contributed by atoms with Crippen LogP contribution in [0.2, 0.25) is 0 Å². The van der Waals surface area contributed by atoms with E-state index in [2.05, 4.69) is 32.1 Å².